The Morgan fingerprint density at radius 1 is 1.09 bits per heavy atom. The molecule has 0 aliphatic carbocycles. The van der Waals surface area contributed by atoms with Gasteiger partial charge in [0.05, 0.1) is 24.6 Å². The Morgan fingerprint density at radius 3 is 2.03 bits per heavy atom. The minimum Gasteiger partial charge on any atom is -0.444 e. The van der Waals surface area contributed by atoms with Gasteiger partial charge < -0.3 is 14.0 Å². The molecule has 1 N–H and O–H groups in total. The van der Waals surface area contributed by atoms with Crippen LogP contribution in [-0.4, -0.2) is 37.9 Å². The molecule has 186 valence electrons. The van der Waals surface area contributed by atoms with E-state index in [9.17, 15) is 10.1 Å². The van der Waals surface area contributed by atoms with Gasteiger partial charge in [-0.1, -0.05) is 46.7 Å². The number of ether oxygens (including phenoxy) is 1. The van der Waals surface area contributed by atoms with Crippen molar-refractivity contribution >= 4 is 52.9 Å². The summed E-state index contributed by atoms with van der Waals surface area (Å²) < 4.78 is 18.5. The smallest absolute Gasteiger partial charge is 0.444 e. The molecule has 0 spiro atoms. The monoisotopic (exact) mass is 486 g/mol. The summed E-state index contributed by atoms with van der Waals surface area (Å²) in [5.41, 5.74) is -0.431. The molecular formula is C25H40B2N2O4S. The van der Waals surface area contributed by atoms with Crippen LogP contribution in [0.3, 0.4) is 0 Å². The molecule has 2 aromatic rings. The number of hydrogen-bond acceptors (Lipinski definition) is 6. The van der Waals surface area contributed by atoms with Crippen LogP contribution in [0.15, 0.2) is 18.2 Å². The van der Waals surface area contributed by atoms with Crippen molar-refractivity contribution in [3.63, 3.8) is 0 Å². The molecule has 1 aromatic heterocycles. The summed E-state index contributed by atoms with van der Waals surface area (Å²) in [4.78, 5) is 12.2. The second-order valence-corrected chi connectivity index (χ2v) is 9.91. The van der Waals surface area contributed by atoms with Gasteiger partial charge in [0.25, 0.3) is 0 Å². The van der Waals surface area contributed by atoms with Crippen LogP contribution in [0, 0.1) is 11.3 Å². The van der Waals surface area contributed by atoms with Gasteiger partial charge in [-0.15, -0.1) is 11.3 Å². The first-order valence-electron chi connectivity index (χ1n) is 11.7. The van der Waals surface area contributed by atoms with E-state index < -0.39 is 30.0 Å². The zero-order valence-corrected chi connectivity index (χ0v) is 23.7. The average molecular weight is 486 g/mol. The van der Waals surface area contributed by atoms with E-state index in [2.05, 4.69) is 19.2 Å². The Balaban J connectivity index is 0.00000168. The zero-order chi connectivity index (χ0) is 26.9. The second kappa shape index (κ2) is 13.2. The highest BCUT2D eigenvalue weighted by Crippen LogP contribution is 2.39. The summed E-state index contributed by atoms with van der Waals surface area (Å²) in [5.74, 6) is 0. The summed E-state index contributed by atoms with van der Waals surface area (Å²) in [6.45, 7) is 22.8. The quantitative estimate of drug-likeness (QED) is 0.480. The van der Waals surface area contributed by atoms with Gasteiger partial charge in [-0.3, -0.25) is 5.32 Å². The van der Waals surface area contributed by atoms with E-state index in [1.54, 1.807) is 20.8 Å². The maximum atomic E-state index is 12.2. The molecule has 0 saturated carbocycles. The molecule has 1 amide bonds. The van der Waals surface area contributed by atoms with E-state index in [0.29, 0.717) is 10.6 Å². The third-order valence-electron chi connectivity index (χ3n) is 4.98. The van der Waals surface area contributed by atoms with E-state index in [1.165, 1.54) is 18.2 Å². The van der Waals surface area contributed by atoms with Crippen molar-refractivity contribution in [2.45, 2.75) is 99.8 Å². The number of nitriles is 1. The molecule has 34 heavy (non-hydrogen) atoms. The minimum atomic E-state index is -0.624. The molecule has 2 radical (unpaired) electrons. The fourth-order valence-corrected chi connectivity index (χ4v) is 4.01. The molecule has 9 heteroatoms. The highest BCUT2D eigenvalue weighted by atomic mass is 32.1. The van der Waals surface area contributed by atoms with E-state index in [0.717, 1.165) is 15.5 Å². The lowest BCUT2D eigenvalue weighted by Gasteiger charge is -2.32. The van der Waals surface area contributed by atoms with Gasteiger partial charge in [-0.2, -0.15) is 5.26 Å². The number of carbonyl (C=O) groups excluding carboxylic acids is 1. The predicted molar refractivity (Wildman–Crippen MR) is 146 cm³/mol. The van der Waals surface area contributed by atoms with Gasteiger partial charge in [0.1, 0.15) is 16.7 Å². The fourth-order valence-electron chi connectivity index (χ4n) is 2.93. The van der Waals surface area contributed by atoms with E-state index in [4.69, 9.17) is 14.0 Å². The van der Waals surface area contributed by atoms with Crippen molar-refractivity contribution in [3.05, 3.63) is 23.8 Å². The third kappa shape index (κ3) is 7.49. The molecule has 1 aromatic carbocycles. The molecule has 1 aliphatic heterocycles. The molecule has 0 unspecified atom stereocenters. The van der Waals surface area contributed by atoms with Crippen molar-refractivity contribution in [3.8, 4) is 6.07 Å². The normalized spacial score (nSPS) is 15.4. The van der Waals surface area contributed by atoms with Crippen molar-refractivity contribution in [2.75, 3.05) is 5.32 Å². The number of anilines is 1. The summed E-state index contributed by atoms with van der Waals surface area (Å²) >= 11 is 1.33. The summed E-state index contributed by atoms with van der Waals surface area (Å²) in [5, 5.41) is 13.7. The van der Waals surface area contributed by atoms with Crippen LogP contribution in [-0.2, 0) is 14.0 Å². The minimum absolute atomic E-state index is 0.385. The number of hydrogen-bond donors (Lipinski definition) is 1. The lowest BCUT2D eigenvalue weighted by atomic mass is 9.76. The lowest BCUT2D eigenvalue weighted by molar-refractivity contribution is 0.00578. The Morgan fingerprint density at radius 2 is 1.59 bits per heavy atom. The maximum Gasteiger partial charge on any atom is 0.495 e. The van der Waals surface area contributed by atoms with E-state index in [-0.39, 0.29) is 0 Å². The predicted octanol–water partition coefficient (Wildman–Crippen LogP) is 6.67. The maximum absolute atomic E-state index is 12.2. The van der Waals surface area contributed by atoms with Gasteiger partial charge in [-0.25, -0.2) is 4.79 Å². The topological polar surface area (TPSA) is 80.6 Å². The fraction of sp³-hybridized carbons (Fsp3) is 0.600. The average Bonchev–Trinajstić information content (AvgIpc) is 3.22. The Kier molecular flexibility index (Phi) is 12.4. The molecule has 0 bridgehead atoms. The molecule has 1 fully saturated rings. The van der Waals surface area contributed by atoms with Crippen LogP contribution in [0.25, 0.3) is 10.1 Å². The Labute approximate surface area is 211 Å². The van der Waals surface area contributed by atoms with Crippen LogP contribution < -0.4 is 10.8 Å². The number of nitrogens with zero attached hydrogens (tertiary/aromatic N) is 1. The molecule has 2 heterocycles. The molecule has 1 saturated heterocycles. The van der Waals surface area contributed by atoms with Crippen molar-refractivity contribution in [2.24, 2.45) is 0 Å². The van der Waals surface area contributed by atoms with Gasteiger partial charge in [-0.05, 0) is 60.0 Å². The summed E-state index contributed by atoms with van der Waals surface area (Å²) in [6, 6.07) is 7.93. The largest absolute Gasteiger partial charge is 0.495 e. The number of rotatable bonds is 2. The molecule has 3 rings (SSSR count). The highest BCUT2D eigenvalue weighted by molar-refractivity contribution is 7.23. The Hall–Kier alpha value is -2.01. The van der Waals surface area contributed by atoms with Gasteiger partial charge in [0.2, 0.25) is 0 Å². The van der Waals surface area contributed by atoms with Gasteiger partial charge in [0, 0.05) is 10.1 Å². The number of thiophene rings is 1. The molecular weight excluding hydrogens is 446 g/mol. The van der Waals surface area contributed by atoms with Crippen LogP contribution in [0.1, 0.15) is 81.7 Å². The molecule has 6 nitrogen and oxygen atoms in total. The van der Waals surface area contributed by atoms with Crippen LogP contribution in [0.5, 0.6) is 0 Å². The number of fused-ring (bicyclic) bond motifs is 1. The standard InChI is InChI=1S/C20H25BN2O4S.2C2H6.CH3B/c1-18(2,3)25-17(24)23-16-12(11-22)15-13(9-8-10-14(15)28-16)21-26-19(4,5)20(6,7)27-21;3*1-2/h8-10H,1-7H3,(H,23,24);2*1-2H3;1H3. The SMILES string of the molecule is CC.CC.CC(C)(C)OC(=O)Nc1sc2cccc(B3OC(C)(C)C(C)(C)O3)c2c1C#N.[B]C. The zero-order valence-electron chi connectivity index (χ0n) is 22.9. The highest BCUT2D eigenvalue weighted by Gasteiger charge is 2.52. The first-order valence-corrected chi connectivity index (χ1v) is 12.6. The third-order valence-corrected chi connectivity index (χ3v) is 6.05. The number of carbonyl (C=O) groups is 1. The van der Waals surface area contributed by atoms with E-state index in [1.807, 2.05) is 73.6 Å². The summed E-state index contributed by atoms with van der Waals surface area (Å²) in [7, 11) is 3.91. The molecule has 1 aliphatic rings. The van der Waals surface area contributed by atoms with Crippen LogP contribution in [0.2, 0.25) is 6.82 Å². The van der Waals surface area contributed by atoms with Gasteiger partial charge in [0.15, 0.2) is 0 Å². The van der Waals surface area contributed by atoms with Crippen molar-refractivity contribution < 1.29 is 18.8 Å². The molecule has 0 atom stereocenters. The number of amides is 1. The first-order chi connectivity index (χ1) is 15.8. The van der Waals surface area contributed by atoms with Gasteiger partial charge >= 0.3 is 13.2 Å². The number of nitrogens with one attached hydrogen (secondary N) is 1. The van der Waals surface area contributed by atoms with Crippen molar-refractivity contribution in [1.82, 2.24) is 0 Å². The first kappa shape index (κ1) is 32.0. The van der Waals surface area contributed by atoms with Crippen molar-refractivity contribution in [1.29, 1.82) is 5.26 Å². The lowest BCUT2D eigenvalue weighted by Crippen LogP contribution is -2.41. The second-order valence-electron chi connectivity index (χ2n) is 8.85. The van der Waals surface area contributed by atoms with Crippen LogP contribution in [0.4, 0.5) is 9.80 Å². The summed E-state index contributed by atoms with van der Waals surface area (Å²) in [6.07, 6.45) is -0.590. The number of benzene rings is 1. The van der Waals surface area contributed by atoms with Crippen LogP contribution >= 0.6 is 11.3 Å². The Bertz CT molecular complexity index is 960. The van der Waals surface area contributed by atoms with E-state index >= 15 is 0 Å².